The molecule has 0 unspecified atom stereocenters. The predicted molar refractivity (Wildman–Crippen MR) is 143 cm³/mol. The molecule has 1 fully saturated rings. The summed E-state index contributed by atoms with van der Waals surface area (Å²) in [7, 11) is 0. The molecule has 0 bridgehead atoms. The van der Waals surface area contributed by atoms with E-state index in [1.807, 2.05) is 40.7 Å². The average Bonchev–Trinajstić information content (AvgIpc) is 2.83. The van der Waals surface area contributed by atoms with Crippen LogP contribution in [0.1, 0.15) is 40.3 Å². The maximum atomic E-state index is 13.3. The van der Waals surface area contributed by atoms with Crippen molar-refractivity contribution in [3.05, 3.63) is 93.6 Å². The Bertz CT molecular complexity index is 1400. The Morgan fingerprint density at radius 3 is 2.22 bits per heavy atom. The molecule has 4 amide bonds. The van der Waals surface area contributed by atoms with Crippen LogP contribution in [0.2, 0.25) is 0 Å². The molecule has 0 atom stereocenters. The molecular weight excluding hydrogens is 468 g/mol. The van der Waals surface area contributed by atoms with Gasteiger partial charge in [-0.1, -0.05) is 41.5 Å². The number of benzene rings is 3. The van der Waals surface area contributed by atoms with E-state index in [2.05, 4.69) is 23.5 Å². The van der Waals surface area contributed by atoms with Crippen LogP contribution in [0.25, 0.3) is 6.08 Å². The summed E-state index contributed by atoms with van der Waals surface area (Å²) in [5.41, 5.74) is 6.14. The fourth-order valence-electron chi connectivity index (χ4n) is 4.24. The van der Waals surface area contributed by atoms with Gasteiger partial charge in [-0.05, 0) is 87.2 Å². The Morgan fingerprint density at radius 1 is 0.811 bits per heavy atom. The first-order valence-corrected chi connectivity index (χ1v) is 12.1. The zero-order chi connectivity index (χ0) is 26.7. The van der Waals surface area contributed by atoms with Gasteiger partial charge in [-0.25, -0.2) is 9.69 Å². The number of carbonyl (C=O) groups excluding carboxylic acids is 3. The standard InChI is InChI=1S/C30H30N2O5/c1-6-36-27-16-22(8-10-26(27)37-17-23-12-18(2)11-19(3)13-23)15-25-28(33)31-30(35)32(29(25)34)24-9-7-20(4)21(5)14-24/h7-16H,6,17H2,1-5H3,(H,31,33,35)/b25-15+. The van der Waals surface area contributed by atoms with E-state index >= 15 is 0 Å². The van der Waals surface area contributed by atoms with Crippen LogP contribution in [0.15, 0.2) is 60.2 Å². The van der Waals surface area contributed by atoms with Crippen molar-refractivity contribution in [2.45, 2.75) is 41.2 Å². The highest BCUT2D eigenvalue weighted by atomic mass is 16.5. The number of amides is 4. The predicted octanol–water partition coefficient (Wildman–Crippen LogP) is 5.56. The summed E-state index contributed by atoms with van der Waals surface area (Å²) < 4.78 is 11.8. The van der Waals surface area contributed by atoms with Crippen molar-refractivity contribution < 1.29 is 23.9 Å². The van der Waals surface area contributed by atoms with E-state index in [0.29, 0.717) is 36.0 Å². The van der Waals surface area contributed by atoms with Crippen LogP contribution in [0.3, 0.4) is 0 Å². The number of urea groups is 1. The Hall–Kier alpha value is -4.39. The fourth-order valence-corrected chi connectivity index (χ4v) is 4.24. The maximum absolute atomic E-state index is 13.3. The molecule has 3 aromatic rings. The van der Waals surface area contributed by atoms with Crippen LogP contribution in [-0.2, 0) is 16.2 Å². The monoisotopic (exact) mass is 498 g/mol. The van der Waals surface area contributed by atoms with Crippen LogP contribution >= 0.6 is 0 Å². The number of aryl methyl sites for hydroxylation is 4. The lowest BCUT2D eigenvalue weighted by molar-refractivity contribution is -0.122. The van der Waals surface area contributed by atoms with Crippen molar-refractivity contribution in [3.8, 4) is 11.5 Å². The number of rotatable bonds is 7. The summed E-state index contributed by atoms with van der Waals surface area (Å²) in [5, 5.41) is 2.26. The molecule has 1 N–H and O–H groups in total. The second kappa shape index (κ2) is 10.7. The molecule has 37 heavy (non-hydrogen) atoms. The smallest absolute Gasteiger partial charge is 0.335 e. The number of nitrogens with one attached hydrogen (secondary N) is 1. The molecule has 1 heterocycles. The van der Waals surface area contributed by atoms with Crippen molar-refractivity contribution in [1.82, 2.24) is 5.32 Å². The summed E-state index contributed by atoms with van der Waals surface area (Å²) in [6.07, 6.45) is 1.45. The second-order valence-corrected chi connectivity index (χ2v) is 9.15. The highest BCUT2D eigenvalue weighted by Crippen LogP contribution is 2.31. The van der Waals surface area contributed by atoms with Crippen LogP contribution in [0.4, 0.5) is 10.5 Å². The number of barbiturate groups is 1. The van der Waals surface area contributed by atoms with Gasteiger partial charge in [-0.15, -0.1) is 0 Å². The van der Waals surface area contributed by atoms with Gasteiger partial charge in [-0.2, -0.15) is 0 Å². The van der Waals surface area contributed by atoms with Gasteiger partial charge in [0.15, 0.2) is 11.5 Å². The molecule has 7 nitrogen and oxygen atoms in total. The molecule has 0 saturated carbocycles. The minimum atomic E-state index is -0.777. The lowest BCUT2D eigenvalue weighted by atomic mass is 10.0. The molecule has 0 aliphatic carbocycles. The van der Waals surface area contributed by atoms with Crippen LogP contribution in [-0.4, -0.2) is 24.5 Å². The van der Waals surface area contributed by atoms with Gasteiger partial charge in [-0.3, -0.25) is 14.9 Å². The quantitative estimate of drug-likeness (QED) is 0.340. The van der Waals surface area contributed by atoms with Gasteiger partial charge < -0.3 is 9.47 Å². The van der Waals surface area contributed by atoms with E-state index in [-0.39, 0.29) is 5.57 Å². The molecule has 7 heteroatoms. The van der Waals surface area contributed by atoms with Crippen molar-refractivity contribution in [1.29, 1.82) is 0 Å². The number of imide groups is 2. The largest absolute Gasteiger partial charge is 0.490 e. The lowest BCUT2D eigenvalue weighted by Gasteiger charge is -2.27. The summed E-state index contributed by atoms with van der Waals surface area (Å²) in [6.45, 7) is 10.6. The highest BCUT2D eigenvalue weighted by Gasteiger charge is 2.37. The maximum Gasteiger partial charge on any atom is 0.335 e. The first-order chi connectivity index (χ1) is 17.7. The SMILES string of the molecule is CCOc1cc(/C=C2\C(=O)NC(=O)N(c3ccc(C)c(C)c3)C2=O)ccc1OCc1cc(C)cc(C)c1. The van der Waals surface area contributed by atoms with Gasteiger partial charge >= 0.3 is 6.03 Å². The molecule has 0 aromatic heterocycles. The number of carbonyl (C=O) groups is 3. The topological polar surface area (TPSA) is 84.9 Å². The van der Waals surface area contributed by atoms with Gasteiger partial charge in [0.1, 0.15) is 12.2 Å². The first-order valence-electron chi connectivity index (χ1n) is 12.1. The molecule has 0 spiro atoms. The van der Waals surface area contributed by atoms with E-state index in [4.69, 9.17) is 9.47 Å². The van der Waals surface area contributed by atoms with Crippen LogP contribution in [0.5, 0.6) is 11.5 Å². The molecule has 1 saturated heterocycles. The zero-order valence-electron chi connectivity index (χ0n) is 21.7. The molecule has 4 rings (SSSR count). The third-order valence-corrected chi connectivity index (χ3v) is 6.10. The van der Waals surface area contributed by atoms with Gasteiger partial charge in [0.25, 0.3) is 11.8 Å². The lowest BCUT2D eigenvalue weighted by Crippen LogP contribution is -2.54. The first kappa shape index (κ1) is 25.7. The molecule has 190 valence electrons. The Kier molecular flexibility index (Phi) is 7.43. The van der Waals surface area contributed by atoms with Crippen molar-refractivity contribution in [2.24, 2.45) is 0 Å². The summed E-state index contributed by atoms with van der Waals surface area (Å²) in [5.74, 6) is -0.394. The minimum absolute atomic E-state index is 0.149. The Labute approximate surface area is 216 Å². The zero-order valence-corrected chi connectivity index (χ0v) is 21.7. The van der Waals surface area contributed by atoms with Crippen molar-refractivity contribution >= 4 is 29.6 Å². The number of hydrogen-bond donors (Lipinski definition) is 1. The molecule has 3 aromatic carbocycles. The van der Waals surface area contributed by atoms with Gasteiger partial charge in [0.2, 0.25) is 0 Å². The minimum Gasteiger partial charge on any atom is -0.490 e. The Morgan fingerprint density at radius 2 is 1.54 bits per heavy atom. The normalized spacial score (nSPS) is 14.7. The van der Waals surface area contributed by atoms with Gasteiger partial charge in [0.05, 0.1) is 12.3 Å². The molecule has 1 aliphatic heterocycles. The van der Waals surface area contributed by atoms with Crippen molar-refractivity contribution in [3.63, 3.8) is 0 Å². The van der Waals surface area contributed by atoms with E-state index < -0.39 is 17.8 Å². The van der Waals surface area contributed by atoms with E-state index in [1.165, 1.54) is 6.08 Å². The number of nitrogens with zero attached hydrogens (tertiary/aromatic N) is 1. The Balaban J connectivity index is 1.62. The molecular formula is C30H30N2O5. The second-order valence-electron chi connectivity index (χ2n) is 9.15. The van der Waals surface area contributed by atoms with Crippen molar-refractivity contribution in [2.75, 3.05) is 11.5 Å². The van der Waals surface area contributed by atoms with Crippen LogP contribution in [0, 0.1) is 27.7 Å². The fraction of sp³-hybridized carbons (Fsp3) is 0.233. The van der Waals surface area contributed by atoms with Gasteiger partial charge in [0, 0.05) is 0 Å². The molecule has 0 radical (unpaired) electrons. The van der Waals surface area contributed by atoms with E-state index in [0.717, 1.165) is 32.7 Å². The van der Waals surface area contributed by atoms with E-state index in [9.17, 15) is 14.4 Å². The number of hydrogen-bond acceptors (Lipinski definition) is 5. The molecule has 1 aliphatic rings. The number of anilines is 1. The summed E-state index contributed by atoms with van der Waals surface area (Å²) in [4.78, 5) is 39.4. The number of ether oxygens (including phenoxy) is 2. The third kappa shape index (κ3) is 5.72. The third-order valence-electron chi connectivity index (χ3n) is 6.10. The summed E-state index contributed by atoms with van der Waals surface area (Å²) >= 11 is 0. The highest BCUT2D eigenvalue weighted by molar-refractivity contribution is 6.39. The van der Waals surface area contributed by atoms with E-state index in [1.54, 1.807) is 30.3 Å². The average molecular weight is 499 g/mol. The summed E-state index contributed by atoms with van der Waals surface area (Å²) in [6, 6.07) is 15.9. The van der Waals surface area contributed by atoms with Crippen LogP contribution < -0.4 is 19.7 Å².